The molecule has 174 valence electrons. The highest BCUT2D eigenvalue weighted by atomic mass is 16.5. The van der Waals surface area contributed by atoms with Gasteiger partial charge in [0.05, 0.1) is 26.3 Å². The van der Waals surface area contributed by atoms with Gasteiger partial charge in [-0.1, -0.05) is 36.4 Å². The summed E-state index contributed by atoms with van der Waals surface area (Å²) >= 11 is 0. The highest BCUT2D eigenvalue weighted by Gasteiger charge is 2.46. The van der Waals surface area contributed by atoms with Gasteiger partial charge in [-0.2, -0.15) is 0 Å². The quantitative estimate of drug-likeness (QED) is 0.513. The third kappa shape index (κ3) is 4.85. The van der Waals surface area contributed by atoms with Crippen LogP contribution in [0.3, 0.4) is 0 Å². The van der Waals surface area contributed by atoms with Gasteiger partial charge in [0.2, 0.25) is 5.91 Å². The zero-order valence-electron chi connectivity index (χ0n) is 18.9. The Hall–Kier alpha value is -4.33. The molecule has 1 fully saturated rings. The standard InChI is InChI=1S/C26H25N3O5/c1-33-21-13-11-18(12-14-21)17-28-23(16-24(30)27-19-7-4-3-5-8-19)25(31)29(26(28)32)20-9-6-10-22(15-20)34-2/h3-15,23H,16-17H2,1-2H3,(H,27,30). The highest BCUT2D eigenvalue weighted by molar-refractivity contribution is 6.22. The second-order valence-electron chi connectivity index (χ2n) is 7.77. The second kappa shape index (κ2) is 10.1. The van der Waals surface area contributed by atoms with Crippen molar-refractivity contribution in [3.8, 4) is 11.5 Å². The van der Waals surface area contributed by atoms with E-state index >= 15 is 0 Å². The van der Waals surface area contributed by atoms with Gasteiger partial charge in [0.1, 0.15) is 17.5 Å². The number of methoxy groups -OCH3 is 2. The van der Waals surface area contributed by atoms with E-state index < -0.39 is 18.0 Å². The molecular weight excluding hydrogens is 434 g/mol. The summed E-state index contributed by atoms with van der Waals surface area (Å²) in [6, 6.07) is 21.5. The average molecular weight is 460 g/mol. The smallest absolute Gasteiger partial charge is 0.332 e. The van der Waals surface area contributed by atoms with Gasteiger partial charge in [-0.3, -0.25) is 9.59 Å². The van der Waals surface area contributed by atoms with Crippen LogP contribution >= 0.6 is 0 Å². The van der Waals surface area contributed by atoms with Crippen molar-refractivity contribution in [3.63, 3.8) is 0 Å². The fourth-order valence-electron chi connectivity index (χ4n) is 3.84. The molecule has 8 heteroatoms. The second-order valence-corrected chi connectivity index (χ2v) is 7.77. The summed E-state index contributed by atoms with van der Waals surface area (Å²) in [6.07, 6.45) is -0.171. The first kappa shape index (κ1) is 22.8. The fraction of sp³-hybridized carbons (Fsp3) is 0.192. The van der Waals surface area contributed by atoms with E-state index in [2.05, 4.69) is 5.32 Å². The zero-order valence-corrected chi connectivity index (χ0v) is 18.9. The summed E-state index contributed by atoms with van der Waals surface area (Å²) in [5.41, 5.74) is 1.82. The number of hydrogen-bond acceptors (Lipinski definition) is 5. The van der Waals surface area contributed by atoms with E-state index in [9.17, 15) is 14.4 Å². The van der Waals surface area contributed by atoms with Crippen molar-refractivity contribution in [1.29, 1.82) is 0 Å². The lowest BCUT2D eigenvalue weighted by Crippen LogP contribution is -2.37. The minimum atomic E-state index is -0.954. The van der Waals surface area contributed by atoms with Crippen LogP contribution in [-0.2, 0) is 16.1 Å². The predicted molar refractivity (Wildman–Crippen MR) is 128 cm³/mol. The Labute approximate surface area is 197 Å². The van der Waals surface area contributed by atoms with Crippen LogP contribution in [0.2, 0.25) is 0 Å². The van der Waals surface area contributed by atoms with Crippen molar-refractivity contribution in [3.05, 3.63) is 84.4 Å². The topological polar surface area (TPSA) is 88.2 Å². The number of hydrogen-bond donors (Lipinski definition) is 1. The van der Waals surface area contributed by atoms with E-state index in [0.29, 0.717) is 22.9 Å². The van der Waals surface area contributed by atoms with Gasteiger partial charge < -0.3 is 19.7 Å². The summed E-state index contributed by atoms with van der Waals surface area (Å²) in [5, 5.41) is 2.79. The first-order chi connectivity index (χ1) is 16.5. The van der Waals surface area contributed by atoms with E-state index in [0.717, 1.165) is 10.5 Å². The Morgan fingerprint density at radius 3 is 2.26 bits per heavy atom. The Balaban J connectivity index is 1.61. The number of ether oxygens (including phenoxy) is 2. The molecule has 1 unspecified atom stereocenters. The minimum absolute atomic E-state index is 0.165. The summed E-state index contributed by atoms with van der Waals surface area (Å²) < 4.78 is 10.4. The molecule has 4 rings (SSSR count). The highest BCUT2D eigenvalue weighted by Crippen LogP contribution is 2.31. The van der Waals surface area contributed by atoms with Crippen molar-refractivity contribution in [2.75, 3.05) is 24.4 Å². The largest absolute Gasteiger partial charge is 0.497 e. The normalized spacial score (nSPS) is 15.4. The molecule has 0 aliphatic carbocycles. The van der Waals surface area contributed by atoms with Crippen molar-refractivity contribution >= 4 is 29.2 Å². The van der Waals surface area contributed by atoms with Gasteiger partial charge in [0.25, 0.3) is 5.91 Å². The molecule has 0 saturated carbocycles. The molecule has 0 aromatic heterocycles. The first-order valence-corrected chi connectivity index (χ1v) is 10.8. The molecule has 1 atom stereocenters. The molecule has 4 amide bonds. The van der Waals surface area contributed by atoms with Crippen molar-refractivity contribution < 1.29 is 23.9 Å². The molecule has 8 nitrogen and oxygen atoms in total. The maximum atomic E-state index is 13.4. The van der Waals surface area contributed by atoms with Crippen LogP contribution in [0.15, 0.2) is 78.9 Å². The van der Waals surface area contributed by atoms with Crippen molar-refractivity contribution in [1.82, 2.24) is 4.90 Å². The molecule has 1 heterocycles. The van der Waals surface area contributed by atoms with E-state index in [4.69, 9.17) is 9.47 Å². The van der Waals surface area contributed by atoms with E-state index in [1.807, 2.05) is 18.2 Å². The monoisotopic (exact) mass is 459 g/mol. The molecule has 0 spiro atoms. The molecule has 34 heavy (non-hydrogen) atoms. The third-order valence-corrected chi connectivity index (χ3v) is 5.58. The number of imide groups is 1. The van der Waals surface area contributed by atoms with Gasteiger partial charge in [-0.15, -0.1) is 0 Å². The number of nitrogens with zero attached hydrogens (tertiary/aromatic N) is 2. The number of carbonyl (C=O) groups is 3. The summed E-state index contributed by atoms with van der Waals surface area (Å²) in [5.74, 6) is 0.383. The Morgan fingerprint density at radius 2 is 1.59 bits per heavy atom. The number of anilines is 2. The molecule has 1 saturated heterocycles. The van der Waals surface area contributed by atoms with Crippen LogP contribution in [0.1, 0.15) is 12.0 Å². The SMILES string of the molecule is COc1ccc(CN2C(=O)N(c3cccc(OC)c3)C(=O)C2CC(=O)Nc2ccccc2)cc1. The first-order valence-electron chi connectivity index (χ1n) is 10.8. The fourth-order valence-corrected chi connectivity index (χ4v) is 3.84. The molecule has 3 aromatic carbocycles. The lowest BCUT2D eigenvalue weighted by Gasteiger charge is -2.22. The number of amides is 4. The zero-order chi connectivity index (χ0) is 24.1. The van der Waals surface area contributed by atoms with E-state index in [-0.39, 0.29) is 18.9 Å². The molecule has 1 aliphatic rings. The number of nitrogens with one attached hydrogen (secondary N) is 1. The molecule has 3 aromatic rings. The molecule has 0 radical (unpaired) electrons. The van der Waals surface area contributed by atoms with Crippen LogP contribution in [-0.4, -0.2) is 43.0 Å². The third-order valence-electron chi connectivity index (χ3n) is 5.58. The number of urea groups is 1. The Kier molecular flexibility index (Phi) is 6.77. The Morgan fingerprint density at radius 1 is 0.882 bits per heavy atom. The van der Waals surface area contributed by atoms with Crippen LogP contribution in [0.4, 0.5) is 16.2 Å². The lowest BCUT2D eigenvalue weighted by atomic mass is 10.1. The van der Waals surface area contributed by atoms with Crippen molar-refractivity contribution in [2.45, 2.75) is 19.0 Å². The molecule has 0 bridgehead atoms. The number of carbonyl (C=O) groups excluding carboxylic acids is 3. The molecule has 1 aliphatic heterocycles. The van der Waals surface area contributed by atoms with Gasteiger partial charge in [0.15, 0.2) is 0 Å². The number of benzene rings is 3. The minimum Gasteiger partial charge on any atom is -0.497 e. The van der Waals surface area contributed by atoms with Gasteiger partial charge in [0, 0.05) is 18.3 Å². The van der Waals surface area contributed by atoms with E-state index in [1.54, 1.807) is 67.8 Å². The molecule has 1 N–H and O–H groups in total. The molecular formula is C26H25N3O5. The van der Waals surface area contributed by atoms with Crippen LogP contribution < -0.4 is 19.7 Å². The van der Waals surface area contributed by atoms with Gasteiger partial charge >= 0.3 is 6.03 Å². The van der Waals surface area contributed by atoms with Crippen LogP contribution in [0, 0.1) is 0 Å². The summed E-state index contributed by atoms with van der Waals surface area (Å²) in [4.78, 5) is 42.2. The summed E-state index contributed by atoms with van der Waals surface area (Å²) in [6.45, 7) is 0.165. The van der Waals surface area contributed by atoms with Gasteiger partial charge in [-0.05, 0) is 42.0 Å². The van der Waals surface area contributed by atoms with Crippen molar-refractivity contribution in [2.24, 2.45) is 0 Å². The number of rotatable bonds is 8. The maximum Gasteiger partial charge on any atom is 0.332 e. The Bertz CT molecular complexity index is 1180. The van der Waals surface area contributed by atoms with Crippen LogP contribution in [0.5, 0.6) is 11.5 Å². The summed E-state index contributed by atoms with van der Waals surface area (Å²) in [7, 11) is 3.09. The van der Waals surface area contributed by atoms with E-state index in [1.165, 1.54) is 12.0 Å². The van der Waals surface area contributed by atoms with Gasteiger partial charge in [-0.25, -0.2) is 9.69 Å². The maximum absolute atomic E-state index is 13.4. The number of para-hydroxylation sites is 1. The lowest BCUT2D eigenvalue weighted by molar-refractivity contribution is -0.124. The average Bonchev–Trinajstić information content (AvgIpc) is 3.09. The predicted octanol–water partition coefficient (Wildman–Crippen LogP) is 4.07. The van der Waals surface area contributed by atoms with Crippen LogP contribution in [0.25, 0.3) is 0 Å².